The van der Waals surface area contributed by atoms with E-state index in [-0.39, 0.29) is 5.75 Å². The lowest BCUT2D eigenvalue weighted by atomic mass is 10.2. The summed E-state index contributed by atoms with van der Waals surface area (Å²) in [5.74, 6) is 3.26. The summed E-state index contributed by atoms with van der Waals surface area (Å²) in [4.78, 5) is 16.8. The molecule has 180 valence electrons. The lowest BCUT2D eigenvalue weighted by molar-refractivity contribution is 0.210. The summed E-state index contributed by atoms with van der Waals surface area (Å²) in [7, 11) is 6.11. The van der Waals surface area contributed by atoms with Crippen LogP contribution in [0.4, 0.5) is 10.5 Å². The second-order valence-electron chi connectivity index (χ2n) is 7.17. The quantitative estimate of drug-likeness (QED) is 0.347. The highest BCUT2D eigenvalue weighted by atomic mass is 16.6. The van der Waals surface area contributed by atoms with Gasteiger partial charge in [0.1, 0.15) is 11.5 Å². The van der Waals surface area contributed by atoms with Gasteiger partial charge in [-0.25, -0.2) is 4.79 Å². The van der Waals surface area contributed by atoms with Crippen LogP contribution in [0, 0.1) is 0 Å². The van der Waals surface area contributed by atoms with Gasteiger partial charge in [-0.1, -0.05) is 6.07 Å². The van der Waals surface area contributed by atoms with Crippen molar-refractivity contribution >= 4 is 22.7 Å². The fourth-order valence-corrected chi connectivity index (χ4v) is 3.42. The van der Waals surface area contributed by atoms with Crippen LogP contribution in [-0.2, 0) is 0 Å². The molecule has 0 aliphatic heterocycles. The van der Waals surface area contributed by atoms with Crippen molar-refractivity contribution in [3.8, 4) is 40.2 Å². The van der Waals surface area contributed by atoms with Gasteiger partial charge in [0.2, 0.25) is 5.75 Å². The monoisotopic (exact) mass is 476 g/mol. The summed E-state index contributed by atoms with van der Waals surface area (Å²) >= 11 is 0. The van der Waals surface area contributed by atoms with E-state index in [2.05, 4.69) is 10.3 Å². The molecule has 0 saturated heterocycles. The van der Waals surface area contributed by atoms with Gasteiger partial charge in [0.15, 0.2) is 23.0 Å². The third-order valence-corrected chi connectivity index (χ3v) is 5.11. The molecular formula is C26H24N2O7. The van der Waals surface area contributed by atoms with Crippen molar-refractivity contribution in [2.45, 2.75) is 0 Å². The Bertz CT molecular complexity index is 1320. The molecule has 4 aromatic rings. The van der Waals surface area contributed by atoms with Crippen LogP contribution in [0.2, 0.25) is 0 Å². The van der Waals surface area contributed by atoms with Crippen molar-refractivity contribution in [1.82, 2.24) is 4.98 Å². The van der Waals surface area contributed by atoms with E-state index >= 15 is 0 Å². The van der Waals surface area contributed by atoms with E-state index in [1.165, 1.54) is 14.2 Å². The maximum atomic E-state index is 12.4. The van der Waals surface area contributed by atoms with Crippen LogP contribution in [0.25, 0.3) is 10.9 Å². The minimum Gasteiger partial charge on any atom is -0.493 e. The Hall–Kier alpha value is -4.66. The highest BCUT2D eigenvalue weighted by Crippen LogP contribution is 2.38. The third kappa shape index (κ3) is 5.14. The summed E-state index contributed by atoms with van der Waals surface area (Å²) in [5.41, 5.74) is 1.22. The molecule has 1 aromatic heterocycles. The zero-order valence-electron chi connectivity index (χ0n) is 19.7. The van der Waals surface area contributed by atoms with Gasteiger partial charge in [-0.15, -0.1) is 0 Å². The average molecular weight is 476 g/mol. The fourth-order valence-electron chi connectivity index (χ4n) is 3.42. The number of pyridine rings is 1. The van der Waals surface area contributed by atoms with E-state index in [0.29, 0.717) is 45.7 Å². The predicted molar refractivity (Wildman–Crippen MR) is 131 cm³/mol. The third-order valence-electron chi connectivity index (χ3n) is 5.11. The zero-order chi connectivity index (χ0) is 24.8. The molecule has 35 heavy (non-hydrogen) atoms. The van der Waals surface area contributed by atoms with Gasteiger partial charge in [-0.3, -0.25) is 10.3 Å². The maximum absolute atomic E-state index is 12.4. The van der Waals surface area contributed by atoms with Gasteiger partial charge in [0.25, 0.3) is 0 Å². The van der Waals surface area contributed by atoms with Crippen molar-refractivity contribution < 1.29 is 33.2 Å². The molecule has 0 spiro atoms. The topological polar surface area (TPSA) is 97.4 Å². The first-order chi connectivity index (χ1) is 17.1. The molecule has 0 saturated carbocycles. The van der Waals surface area contributed by atoms with E-state index in [1.54, 1.807) is 75.0 Å². The minimum atomic E-state index is -0.692. The second-order valence-corrected chi connectivity index (χ2v) is 7.17. The van der Waals surface area contributed by atoms with Crippen molar-refractivity contribution in [1.29, 1.82) is 0 Å². The Kier molecular flexibility index (Phi) is 7.06. The molecule has 0 fully saturated rings. The molecule has 1 N–H and O–H groups in total. The van der Waals surface area contributed by atoms with Gasteiger partial charge >= 0.3 is 6.09 Å². The summed E-state index contributed by atoms with van der Waals surface area (Å²) in [6, 6.07) is 17.3. The molecule has 1 heterocycles. The number of methoxy groups -OCH3 is 4. The average Bonchev–Trinajstić information content (AvgIpc) is 2.89. The molecule has 0 atom stereocenters. The van der Waals surface area contributed by atoms with Gasteiger partial charge in [-0.2, -0.15) is 0 Å². The fraction of sp³-hybridized carbons (Fsp3) is 0.154. The number of carbonyl (C=O) groups is 1. The van der Waals surface area contributed by atoms with E-state index < -0.39 is 6.09 Å². The van der Waals surface area contributed by atoms with E-state index in [9.17, 15) is 4.79 Å². The van der Waals surface area contributed by atoms with Gasteiger partial charge in [0, 0.05) is 23.3 Å². The summed E-state index contributed by atoms with van der Waals surface area (Å²) in [5, 5.41) is 3.44. The highest BCUT2D eigenvalue weighted by Gasteiger charge is 2.16. The number of hydrogen-bond donors (Lipinski definition) is 1. The molecule has 3 aromatic carbocycles. The molecule has 0 unspecified atom stereocenters. The highest BCUT2D eigenvalue weighted by molar-refractivity contribution is 5.89. The number of carbonyl (C=O) groups excluding carboxylic acids is 1. The van der Waals surface area contributed by atoms with Gasteiger partial charge < -0.3 is 28.4 Å². The molecular weight excluding hydrogens is 452 g/mol. The van der Waals surface area contributed by atoms with Crippen LogP contribution in [-0.4, -0.2) is 39.5 Å². The summed E-state index contributed by atoms with van der Waals surface area (Å²) in [6.07, 6.45) is 0.962. The smallest absolute Gasteiger partial charge is 0.417 e. The van der Waals surface area contributed by atoms with E-state index in [0.717, 1.165) is 5.39 Å². The number of hydrogen-bond acceptors (Lipinski definition) is 8. The normalized spacial score (nSPS) is 10.4. The molecule has 0 aliphatic rings. The largest absolute Gasteiger partial charge is 0.493 e. The Labute approximate surface area is 202 Å². The molecule has 0 bridgehead atoms. The van der Waals surface area contributed by atoms with Crippen LogP contribution in [0.15, 0.2) is 66.9 Å². The number of fused-ring (bicyclic) bond motifs is 1. The predicted octanol–water partition coefficient (Wildman–Crippen LogP) is 5.67. The minimum absolute atomic E-state index is 0.187. The Balaban J connectivity index is 1.48. The van der Waals surface area contributed by atoms with Gasteiger partial charge in [-0.05, 0) is 48.5 Å². The lowest BCUT2D eigenvalue weighted by Crippen LogP contribution is -2.17. The molecule has 9 nitrogen and oxygen atoms in total. The Morgan fingerprint density at radius 2 is 1.37 bits per heavy atom. The molecule has 1 amide bonds. The number of anilines is 1. The lowest BCUT2D eigenvalue weighted by Gasteiger charge is -2.14. The standard InChI is InChI=1S/C26H24N2O7/c1-30-21-6-5-7-22(31-2)25(21)35-26(29)28-16-8-10-17(11-9-16)34-20-12-13-27-19-15-24(33-4)23(32-3)14-18(19)20/h5-15H,1-4H3,(H,28,29). The van der Waals surface area contributed by atoms with Crippen molar-refractivity contribution in [3.05, 3.63) is 66.9 Å². The molecule has 9 heteroatoms. The van der Waals surface area contributed by atoms with E-state index in [4.69, 9.17) is 28.4 Å². The number of amides is 1. The number of aromatic nitrogens is 1. The van der Waals surface area contributed by atoms with Crippen LogP contribution in [0.1, 0.15) is 0 Å². The first-order valence-corrected chi connectivity index (χ1v) is 10.5. The number of para-hydroxylation sites is 1. The summed E-state index contributed by atoms with van der Waals surface area (Å²) in [6.45, 7) is 0. The molecule has 4 rings (SSSR count). The number of nitrogens with zero attached hydrogens (tertiary/aromatic N) is 1. The van der Waals surface area contributed by atoms with Crippen LogP contribution in [0.3, 0.4) is 0 Å². The van der Waals surface area contributed by atoms with Gasteiger partial charge in [0.05, 0.1) is 34.0 Å². The van der Waals surface area contributed by atoms with E-state index in [1.807, 2.05) is 6.07 Å². The Morgan fingerprint density at radius 1 is 0.743 bits per heavy atom. The van der Waals surface area contributed by atoms with Crippen molar-refractivity contribution in [3.63, 3.8) is 0 Å². The second kappa shape index (κ2) is 10.5. The first-order valence-electron chi connectivity index (χ1n) is 10.5. The van der Waals surface area contributed by atoms with Crippen molar-refractivity contribution in [2.24, 2.45) is 0 Å². The van der Waals surface area contributed by atoms with Crippen LogP contribution in [0.5, 0.6) is 40.2 Å². The van der Waals surface area contributed by atoms with Crippen LogP contribution < -0.4 is 33.7 Å². The first kappa shape index (κ1) is 23.5. The van der Waals surface area contributed by atoms with Crippen molar-refractivity contribution in [2.75, 3.05) is 33.8 Å². The number of nitrogens with one attached hydrogen (secondary N) is 1. The number of ether oxygens (including phenoxy) is 6. The van der Waals surface area contributed by atoms with Crippen LogP contribution >= 0.6 is 0 Å². The number of rotatable bonds is 8. The summed E-state index contributed by atoms with van der Waals surface area (Å²) < 4.78 is 32.7. The Morgan fingerprint density at radius 3 is 2.00 bits per heavy atom. The SMILES string of the molecule is COc1cc2nccc(Oc3ccc(NC(=O)Oc4c(OC)cccc4OC)cc3)c2cc1OC. The maximum Gasteiger partial charge on any atom is 0.417 e. The molecule has 0 radical (unpaired) electrons. The number of benzene rings is 3. The zero-order valence-corrected chi connectivity index (χ0v) is 19.7. The molecule has 0 aliphatic carbocycles.